The van der Waals surface area contributed by atoms with Crippen molar-refractivity contribution in [3.8, 4) is 0 Å². The van der Waals surface area contributed by atoms with Gasteiger partial charge in [0, 0.05) is 17.1 Å². The summed E-state index contributed by atoms with van der Waals surface area (Å²) < 4.78 is 5.14. The van der Waals surface area contributed by atoms with Crippen LogP contribution in [0.15, 0.2) is 52.0 Å². The first-order valence-corrected chi connectivity index (χ1v) is 7.28. The van der Waals surface area contributed by atoms with Crippen molar-refractivity contribution in [1.82, 2.24) is 5.32 Å². The Kier molecular flexibility index (Phi) is 5.36. The topological polar surface area (TPSA) is 42.2 Å². The van der Waals surface area contributed by atoms with Gasteiger partial charge in [0.1, 0.15) is 5.76 Å². The zero-order valence-corrected chi connectivity index (χ0v) is 11.8. The van der Waals surface area contributed by atoms with Gasteiger partial charge in [-0.15, -0.1) is 11.8 Å². The number of amides is 1. The molecule has 0 aliphatic heterocycles. The molecule has 0 fully saturated rings. The number of benzene rings is 1. The van der Waals surface area contributed by atoms with Crippen LogP contribution in [0.2, 0.25) is 5.02 Å². The molecule has 0 radical (unpaired) electrons. The van der Waals surface area contributed by atoms with E-state index >= 15 is 0 Å². The van der Waals surface area contributed by atoms with Gasteiger partial charge < -0.3 is 9.73 Å². The number of hydrogen-bond donors (Lipinski definition) is 1. The summed E-state index contributed by atoms with van der Waals surface area (Å²) in [6, 6.07) is 11.3. The summed E-state index contributed by atoms with van der Waals surface area (Å²) in [4.78, 5) is 12.6. The van der Waals surface area contributed by atoms with Gasteiger partial charge in [0.2, 0.25) is 5.91 Å². The number of furan rings is 1. The maximum atomic E-state index is 11.6. The van der Waals surface area contributed by atoms with Gasteiger partial charge in [0.25, 0.3) is 0 Å². The molecule has 0 saturated carbocycles. The average molecular weight is 296 g/mol. The Bertz CT molecular complexity index is 528. The Morgan fingerprint density at radius 2 is 2.11 bits per heavy atom. The maximum absolute atomic E-state index is 11.6. The second kappa shape index (κ2) is 7.26. The Morgan fingerprint density at radius 3 is 2.84 bits per heavy atom. The molecule has 1 aromatic carbocycles. The van der Waals surface area contributed by atoms with E-state index in [9.17, 15) is 4.79 Å². The lowest BCUT2D eigenvalue weighted by Crippen LogP contribution is -2.22. The Morgan fingerprint density at radius 1 is 1.26 bits per heavy atom. The van der Waals surface area contributed by atoms with Crippen molar-refractivity contribution < 1.29 is 9.21 Å². The highest BCUT2D eigenvalue weighted by atomic mass is 35.5. The first kappa shape index (κ1) is 14.0. The minimum absolute atomic E-state index is 0.0101. The first-order valence-electron chi connectivity index (χ1n) is 5.92. The van der Waals surface area contributed by atoms with Gasteiger partial charge in [-0.25, -0.2) is 0 Å². The maximum Gasteiger partial charge on any atom is 0.221 e. The summed E-state index contributed by atoms with van der Waals surface area (Å²) in [6.45, 7) is 0.433. The summed E-state index contributed by atoms with van der Waals surface area (Å²) in [5, 5.41) is 3.53. The van der Waals surface area contributed by atoms with E-state index in [4.69, 9.17) is 16.0 Å². The van der Waals surface area contributed by atoms with Crippen LogP contribution in [-0.2, 0) is 11.3 Å². The molecular weight excluding hydrogens is 282 g/mol. The fourth-order valence-electron chi connectivity index (χ4n) is 1.50. The van der Waals surface area contributed by atoms with Gasteiger partial charge in [-0.3, -0.25) is 4.79 Å². The summed E-state index contributed by atoms with van der Waals surface area (Å²) >= 11 is 7.62. The Labute approximate surface area is 121 Å². The van der Waals surface area contributed by atoms with Crippen molar-refractivity contribution in [3.05, 3.63) is 53.4 Å². The summed E-state index contributed by atoms with van der Waals surface area (Å²) in [5.41, 5.74) is 0. The van der Waals surface area contributed by atoms with Crippen molar-refractivity contribution in [2.24, 2.45) is 0 Å². The van der Waals surface area contributed by atoms with Gasteiger partial charge in [-0.05, 0) is 24.3 Å². The number of hydrogen-bond acceptors (Lipinski definition) is 3. The van der Waals surface area contributed by atoms with Crippen molar-refractivity contribution in [2.45, 2.75) is 17.9 Å². The monoisotopic (exact) mass is 295 g/mol. The third-order valence-electron chi connectivity index (χ3n) is 2.46. The van der Waals surface area contributed by atoms with E-state index in [1.807, 2.05) is 30.3 Å². The minimum Gasteiger partial charge on any atom is -0.467 e. The van der Waals surface area contributed by atoms with Gasteiger partial charge in [-0.2, -0.15) is 0 Å². The van der Waals surface area contributed by atoms with Gasteiger partial charge in [-0.1, -0.05) is 23.7 Å². The third kappa shape index (κ3) is 4.65. The van der Waals surface area contributed by atoms with Crippen LogP contribution in [-0.4, -0.2) is 11.7 Å². The summed E-state index contributed by atoms with van der Waals surface area (Å²) in [5.74, 6) is 1.47. The molecule has 2 rings (SSSR count). The quantitative estimate of drug-likeness (QED) is 0.826. The molecule has 0 spiro atoms. The molecule has 5 heteroatoms. The van der Waals surface area contributed by atoms with Gasteiger partial charge in [0.15, 0.2) is 0 Å². The molecule has 1 aromatic heterocycles. The lowest BCUT2D eigenvalue weighted by Gasteiger charge is -2.04. The second-order valence-corrected chi connectivity index (χ2v) is 5.43. The van der Waals surface area contributed by atoms with Gasteiger partial charge >= 0.3 is 0 Å². The average Bonchev–Trinajstić information content (AvgIpc) is 2.92. The van der Waals surface area contributed by atoms with E-state index in [-0.39, 0.29) is 5.91 Å². The molecule has 0 aliphatic rings. The van der Waals surface area contributed by atoms with Crippen molar-refractivity contribution in [1.29, 1.82) is 0 Å². The van der Waals surface area contributed by atoms with E-state index in [2.05, 4.69) is 5.32 Å². The molecule has 1 heterocycles. The van der Waals surface area contributed by atoms with Crippen molar-refractivity contribution in [3.63, 3.8) is 0 Å². The zero-order chi connectivity index (χ0) is 13.5. The molecule has 0 bridgehead atoms. The second-order valence-electron chi connectivity index (χ2n) is 3.88. The van der Waals surface area contributed by atoms with Crippen LogP contribution in [0.1, 0.15) is 12.2 Å². The van der Waals surface area contributed by atoms with E-state index < -0.39 is 0 Å². The summed E-state index contributed by atoms with van der Waals surface area (Å²) in [6.07, 6.45) is 2.05. The first-order chi connectivity index (χ1) is 9.25. The molecule has 19 heavy (non-hydrogen) atoms. The fraction of sp³-hybridized carbons (Fsp3) is 0.214. The van der Waals surface area contributed by atoms with Crippen LogP contribution in [0, 0.1) is 0 Å². The molecule has 1 N–H and O–H groups in total. The predicted molar refractivity (Wildman–Crippen MR) is 77.3 cm³/mol. The van der Waals surface area contributed by atoms with Gasteiger partial charge in [0.05, 0.1) is 17.8 Å². The number of carbonyl (C=O) groups excluding carboxylic acids is 1. The largest absolute Gasteiger partial charge is 0.467 e. The number of halogens is 1. The molecule has 3 nitrogen and oxygen atoms in total. The zero-order valence-electron chi connectivity index (χ0n) is 10.3. The molecule has 100 valence electrons. The lowest BCUT2D eigenvalue weighted by atomic mass is 10.4. The van der Waals surface area contributed by atoms with E-state index in [1.165, 1.54) is 0 Å². The Balaban J connectivity index is 1.68. The molecular formula is C14H14ClNO2S. The standard InChI is InChI=1S/C14H14ClNO2S/c15-12-5-1-2-6-13(12)19-9-7-14(17)16-10-11-4-3-8-18-11/h1-6,8H,7,9-10H2,(H,16,17). The fourth-order valence-corrected chi connectivity index (χ4v) is 2.69. The van der Waals surface area contributed by atoms with Crippen LogP contribution in [0.4, 0.5) is 0 Å². The van der Waals surface area contributed by atoms with Crippen LogP contribution in [0.3, 0.4) is 0 Å². The third-order valence-corrected chi connectivity index (χ3v) is 3.98. The number of carbonyl (C=O) groups is 1. The lowest BCUT2D eigenvalue weighted by molar-refractivity contribution is -0.120. The minimum atomic E-state index is 0.0101. The normalized spacial score (nSPS) is 10.4. The molecule has 0 unspecified atom stereocenters. The molecule has 0 atom stereocenters. The Hall–Kier alpha value is -1.39. The van der Waals surface area contributed by atoms with Crippen molar-refractivity contribution >= 4 is 29.3 Å². The number of nitrogens with one attached hydrogen (secondary N) is 1. The van der Waals surface area contributed by atoms with Crippen LogP contribution >= 0.6 is 23.4 Å². The number of rotatable bonds is 6. The van der Waals surface area contributed by atoms with E-state index in [1.54, 1.807) is 24.1 Å². The molecule has 0 aliphatic carbocycles. The highest BCUT2D eigenvalue weighted by Gasteiger charge is 2.04. The summed E-state index contributed by atoms with van der Waals surface area (Å²) in [7, 11) is 0. The molecule has 2 aromatic rings. The highest BCUT2D eigenvalue weighted by Crippen LogP contribution is 2.26. The number of thioether (sulfide) groups is 1. The molecule has 1 amide bonds. The smallest absolute Gasteiger partial charge is 0.221 e. The van der Waals surface area contributed by atoms with Crippen LogP contribution in [0.5, 0.6) is 0 Å². The SMILES string of the molecule is O=C(CCSc1ccccc1Cl)NCc1ccco1. The predicted octanol–water partition coefficient (Wildman–Crippen LogP) is 3.73. The van der Waals surface area contributed by atoms with Crippen LogP contribution in [0.25, 0.3) is 0 Å². The van der Waals surface area contributed by atoms with E-state index in [0.717, 1.165) is 15.7 Å². The highest BCUT2D eigenvalue weighted by molar-refractivity contribution is 7.99. The molecule has 0 saturated heterocycles. The van der Waals surface area contributed by atoms with Crippen molar-refractivity contribution in [2.75, 3.05) is 5.75 Å². The van der Waals surface area contributed by atoms with Crippen LogP contribution < -0.4 is 5.32 Å². The van der Waals surface area contributed by atoms with E-state index in [0.29, 0.717) is 18.7 Å².